The van der Waals surface area contributed by atoms with Crippen molar-refractivity contribution < 1.29 is 9.32 Å². The van der Waals surface area contributed by atoms with E-state index in [1.807, 2.05) is 49.8 Å². The molecule has 1 amide bonds. The van der Waals surface area contributed by atoms with E-state index in [0.717, 1.165) is 17.0 Å². The first-order valence-electron chi connectivity index (χ1n) is 8.46. The van der Waals surface area contributed by atoms with Crippen LogP contribution < -0.4 is 5.32 Å². The third kappa shape index (κ3) is 5.00. The highest BCUT2D eigenvalue weighted by molar-refractivity contribution is 7.13. The Labute approximate surface area is 156 Å². The Morgan fingerprint density at radius 3 is 2.73 bits per heavy atom. The van der Waals surface area contributed by atoms with Gasteiger partial charge in [-0.1, -0.05) is 35.5 Å². The molecule has 0 saturated carbocycles. The smallest absolute Gasteiger partial charge is 0.227 e. The number of carbonyl (C=O) groups excluding carboxylic acids is 1. The molecule has 1 aromatic carbocycles. The monoisotopic (exact) mass is 370 g/mol. The molecule has 0 saturated heterocycles. The van der Waals surface area contributed by atoms with E-state index >= 15 is 0 Å². The summed E-state index contributed by atoms with van der Waals surface area (Å²) >= 11 is 1.56. The number of aryl methyl sites for hydroxylation is 1. The largest absolute Gasteiger partial charge is 0.352 e. The summed E-state index contributed by atoms with van der Waals surface area (Å²) in [4.78, 5) is 19.6. The molecule has 0 radical (unpaired) electrons. The molecule has 0 bridgehead atoms. The average Bonchev–Trinajstić information content (AvgIpc) is 3.30. The number of rotatable bonds is 8. The predicted octanol–water partition coefficient (Wildman–Crippen LogP) is 3.11. The second-order valence-electron chi connectivity index (χ2n) is 6.27. The molecule has 7 heteroatoms. The van der Waals surface area contributed by atoms with Crippen LogP contribution in [-0.2, 0) is 24.3 Å². The van der Waals surface area contributed by atoms with E-state index in [0.29, 0.717) is 31.1 Å². The molecule has 0 aliphatic carbocycles. The SMILES string of the molecule is CN(C)Cc1ccccc1CNC(=O)CCc1nc(-c2cccs2)no1. The highest BCUT2D eigenvalue weighted by Crippen LogP contribution is 2.21. The fourth-order valence-electron chi connectivity index (χ4n) is 2.59. The van der Waals surface area contributed by atoms with Crippen LogP contribution in [0.1, 0.15) is 23.4 Å². The van der Waals surface area contributed by atoms with E-state index in [4.69, 9.17) is 4.52 Å². The summed E-state index contributed by atoms with van der Waals surface area (Å²) in [7, 11) is 4.06. The van der Waals surface area contributed by atoms with Gasteiger partial charge in [-0.3, -0.25) is 4.79 Å². The molecule has 3 aromatic rings. The summed E-state index contributed by atoms with van der Waals surface area (Å²) in [6, 6.07) is 12.0. The molecular formula is C19H22N4O2S. The zero-order valence-electron chi connectivity index (χ0n) is 14.9. The van der Waals surface area contributed by atoms with Crippen molar-refractivity contribution in [1.82, 2.24) is 20.4 Å². The van der Waals surface area contributed by atoms with Crippen molar-refractivity contribution in [3.05, 3.63) is 58.8 Å². The van der Waals surface area contributed by atoms with Crippen LogP contribution in [0.3, 0.4) is 0 Å². The molecule has 6 nitrogen and oxygen atoms in total. The molecule has 0 fully saturated rings. The summed E-state index contributed by atoms with van der Waals surface area (Å²) in [5.41, 5.74) is 2.35. The van der Waals surface area contributed by atoms with Gasteiger partial charge in [0.15, 0.2) is 0 Å². The van der Waals surface area contributed by atoms with E-state index in [-0.39, 0.29) is 5.91 Å². The van der Waals surface area contributed by atoms with Crippen LogP contribution in [-0.4, -0.2) is 35.0 Å². The lowest BCUT2D eigenvalue weighted by Gasteiger charge is -2.14. The number of hydrogen-bond acceptors (Lipinski definition) is 6. The second kappa shape index (κ2) is 8.73. The van der Waals surface area contributed by atoms with Crippen molar-refractivity contribution in [2.75, 3.05) is 14.1 Å². The average molecular weight is 370 g/mol. The number of benzene rings is 1. The lowest BCUT2D eigenvalue weighted by Crippen LogP contribution is -2.24. The number of thiophene rings is 1. The third-order valence-corrected chi connectivity index (χ3v) is 4.72. The van der Waals surface area contributed by atoms with Crippen LogP contribution in [0.25, 0.3) is 10.7 Å². The first-order chi connectivity index (χ1) is 12.6. The molecule has 1 N–H and O–H groups in total. The van der Waals surface area contributed by atoms with Crippen LogP contribution >= 0.6 is 11.3 Å². The van der Waals surface area contributed by atoms with Gasteiger partial charge in [-0.25, -0.2) is 0 Å². The Kier molecular flexibility index (Phi) is 6.14. The topological polar surface area (TPSA) is 71.3 Å². The highest BCUT2D eigenvalue weighted by atomic mass is 32.1. The van der Waals surface area contributed by atoms with Crippen LogP contribution in [0.2, 0.25) is 0 Å². The molecule has 0 atom stereocenters. The minimum absolute atomic E-state index is 0.0273. The van der Waals surface area contributed by atoms with Crippen LogP contribution in [0.4, 0.5) is 0 Å². The molecule has 136 valence electrons. The second-order valence-corrected chi connectivity index (χ2v) is 7.22. The molecule has 0 spiro atoms. The minimum atomic E-state index is -0.0273. The van der Waals surface area contributed by atoms with Crippen LogP contribution in [0.5, 0.6) is 0 Å². The maximum absolute atomic E-state index is 12.1. The van der Waals surface area contributed by atoms with Crippen LogP contribution in [0, 0.1) is 0 Å². The molecular weight excluding hydrogens is 348 g/mol. The van der Waals surface area contributed by atoms with E-state index in [1.165, 1.54) is 5.56 Å². The Morgan fingerprint density at radius 1 is 1.19 bits per heavy atom. The number of nitrogens with zero attached hydrogens (tertiary/aromatic N) is 3. The fourth-order valence-corrected chi connectivity index (χ4v) is 3.24. The summed E-state index contributed by atoms with van der Waals surface area (Å²) < 4.78 is 5.22. The van der Waals surface area contributed by atoms with Gasteiger partial charge in [0.25, 0.3) is 0 Å². The van der Waals surface area contributed by atoms with Gasteiger partial charge in [-0.05, 0) is 36.7 Å². The van der Waals surface area contributed by atoms with Gasteiger partial charge in [-0.15, -0.1) is 11.3 Å². The van der Waals surface area contributed by atoms with Gasteiger partial charge in [-0.2, -0.15) is 4.98 Å². The fraction of sp³-hybridized carbons (Fsp3) is 0.316. The summed E-state index contributed by atoms with van der Waals surface area (Å²) in [6.07, 6.45) is 0.755. The molecule has 0 unspecified atom stereocenters. The Balaban J connectivity index is 1.49. The first kappa shape index (κ1) is 18.3. The van der Waals surface area contributed by atoms with Gasteiger partial charge >= 0.3 is 0 Å². The van der Waals surface area contributed by atoms with Gasteiger partial charge in [0, 0.05) is 25.9 Å². The van der Waals surface area contributed by atoms with E-state index in [2.05, 4.69) is 26.4 Å². The highest BCUT2D eigenvalue weighted by Gasteiger charge is 2.11. The van der Waals surface area contributed by atoms with E-state index in [9.17, 15) is 4.79 Å². The molecule has 26 heavy (non-hydrogen) atoms. The molecule has 2 aromatic heterocycles. The molecule has 2 heterocycles. The number of carbonyl (C=O) groups is 1. The quantitative estimate of drug-likeness (QED) is 0.660. The zero-order chi connectivity index (χ0) is 18.4. The first-order valence-corrected chi connectivity index (χ1v) is 9.34. The van der Waals surface area contributed by atoms with Crippen molar-refractivity contribution in [1.29, 1.82) is 0 Å². The number of amides is 1. The van der Waals surface area contributed by atoms with Gasteiger partial charge in [0.1, 0.15) is 0 Å². The minimum Gasteiger partial charge on any atom is -0.352 e. The van der Waals surface area contributed by atoms with Crippen molar-refractivity contribution >= 4 is 17.2 Å². The Hall–Kier alpha value is -2.51. The maximum atomic E-state index is 12.1. The summed E-state index contributed by atoms with van der Waals surface area (Å²) in [5.74, 6) is 1.03. The Bertz CT molecular complexity index is 843. The van der Waals surface area contributed by atoms with Crippen molar-refractivity contribution in [2.45, 2.75) is 25.9 Å². The standard InChI is InChI=1S/C19H22N4O2S/c1-23(2)13-15-7-4-3-6-14(15)12-20-17(24)9-10-18-21-19(22-25-18)16-8-5-11-26-16/h3-8,11H,9-10,12-13H2,1-2H3,(H,20,24). The Morgan fingerprint density at radius 2 is 2.00 bits per heavy atom. The van der Waals surface area contributed by atoms with Gasteiger partial charge in [0.2, 0.25) is 17.6 Å². The lowest BCUT2D eigenvalue weighted by atomic mass is 10.1. The molecule has 0 aliphatic rings. The summed E-state index contributed by atoms with van der Waals surface area (Å²) in [6.45, 7) is 1.37. The normalized spacial score (nSPS) is 11.0. The van der Waals surface area contributed by atoms with Crippen molar-refractivity contribution in [3.63, 3.8) is 0 Å². The number of aromatic nitrogens is 2. The van der Waals surface area contributed by atoms with Gasteiger partial charge < -0.3 is 14.7 Å². The predicted molar refractivity (Wildman–Crippen MR) is 102 cm³/mol. The molecule has 0 aliphatic heterocycles. The van der Waals surface area contributed by atoms with E-state index < -0.39 is 0 Å². The summed E-state index contributed by atoms with van der Waals surface area (Å²) in [5, 5.41) is 8.89. The lowest BCUT2D eigenvalue weighted by molar-refractivity contribution is -0.121. The van der Waals surface area contributed by atoms with Crippen LogP contribution in [0.15, 0.2) is 46.3 Å². The molecule has 3 rings (SSSR count). The number of hydrogen-bond donors (Lipinski definition) is 1. The number of nitrogens with one attached hydrogen (secondary N) is 1. The zero-order valence-corrected chi connectivity index (χ0v) is 15.8. The van der Waals surface area contributed by atoms with Gasteiger partial charge in [0.05, 0.1) is 4.88 Å². The van der Waals surface area contributed by atoms with E-state index in [1.54, 1.807) is 11.3 Å². The van der Waals surface area contributed by atoms with Crippen molar-refractivity contribution in [2.24, 2.45) is 0 Å². The maximum Gasteiger partial charge on any atom is 0.227 e. The van der Waals surface area contributed by atoms with Crippen molar-refractivity contribution in [3.8, 4) is 10.7 Å². The third-order valence-electron chi connectivity index (χ3n) is 3.86.